The number of hydrogen-bond donors (Lipinski definition) is 1. The topological polar surface area (TPSA) is 51.2 Å². The van der Waals surface area contributed by atoms with Crippen molar-refractivity contribution in [3.63, 3.8) is 0 Å². The van der Waals surface area contributed by atoms with E-state index in [-0.39, 0.29) is 5.91 Å². The summed E-state index contributed by atoms with van der Waals surface area (Å²) >= 11 is 7.31. The average Bonchev–Trinajstić information content (AvgIpc) is 3.10. The largest absolute Gasteiger partial charge is 0.494 e. The van der Waals surface area contributed by atoms with Gasteiger partial charge in [0.1, 0.15) is 5.75 Å². The van der Waals surface area contributed by atoms with Crippen LogP contribution in [0.4, 0.5) is 5.13 Å². The number of nitrogens with zero attached hydrogens (tertiary/aromatic N) is 1. The molecule has 1 heterocycles. The summed E-state index contributed by atoms with van der Waals surface area (Å²) in [4.78, 5) is 16.6. The predicted molar refractivity (Wildman–Crippen MR) is 107 cm³/mol. The van der Waals surface area contributed by atoms with Crippen LogP contribution in [0.5, 0.6) is 5.75 Å². The van der Waals surface area contributed by atoms with Crippen molar-refractivity contribution in [2.75, 3.05) is 11.9 Å². The van der Waals surface area contributed by atoms with E-state index in [0.29, 0.717) is 29.6 Å². The van der Waals surface area contributed by atoms with Gasteiger partial charge in [0, 0.05) is 22.4 Å². The molecule has 0 spiro atoms. The van der Waals surface area contributed by atoms with E-state index in [0.717, 1.165) is 22.6 Å². The molecule has 4 nitrogen and oxygen atoms in total. The molecule has 6 heteroatoms. The Labute approximate surface area is 161 Å². The van der Waals surface area contributed by atoms with Gasteiger partial charge in [0.15, 0.2) is 5.13 Å². The fraction of sp³-hybridized carbons (Fsp3) is 0.200. The molecule has 3 aromatic rings. The number of halogens is 1. The second-order valence-electron chi connectivity index (χ2n) is 5.67. The van der Waals surface area contributed by atoms with Crippen LogP contribution in [0.25, 0.3) is 11.3 Å². The van der Waals surface area contributed by atoms with Gasteiger partial charge in [-0.3, -0.25) is 4.79 Å². The van der Waals surface area contributed by atoms with Gasteiger partial charge in [-0.2, -0.15) is 0 Å². The Balaban J connectivity index is 1.52. The number of ether oxygens (including phenoxy) is 1. The van der Waals surface area contributed by atoms with Crippen molar-refractivity contribution >= 4 is 34.0 Å². The Morgan fingerprint density at radius 1 is 1.15 bits per heavy atom. The van der Waals surface area contributed by atoms with E-state index >= 15 is 0 Å². The van der Waals surface area contributed by atoms with Crippen molar-refractivity contribution < 1.29 is 9.53 Å². The second-order valence-corrected chi connectivity index (χ2v) is 6.96. The number of thiazole rings is 1. The molecule has 134 valence electrons. The lowest BCUT2D eigenvalue weighted by Gasteiger charge is -2.05. The van der Waals surface area contributed by atoms with Gasteiger partial charge < -0.3 is 10.1 Å². The van der Waals surface area contributed by atoms with Crippen LogP contribution in [0.2, 0.25) is 5.02 Å². The van der Waals surface area contributed by atoms with Crippen LogP contribution in [0.3, 0.4) is 0 Å². The normalized spacial score (nSPS) is 10.5. The first-order chi connectivity index (χ1) is 12.6. The molecule has 1 amide bonds. The van der Waals surface area contributed by atoms with E-state index in [1.807, 2.05) is 60.8 Å². The number of carbonyl (C=O) groups is 1. The van der Waals surface area contributed by atoms with Gasteiger partial charge in [-0.15, -0.1) is 11.3 Å². The van der Waals surface area contributed by atoms with Crippen LogP contribution in [-0.2, 0) is 11.2 Å². The van der Waals surface area contributed by atoms with Crippen molar-refractivity contribution in [1.82, 2.24) is 4.98 Å². The summed E-state index contributed by atoms with van der Waals surface area (Å²) in [6, 6.07) is 15.3. The molecular weight excluding hydrogens is 368 g/mol. The van der Waals surface area contributed by atoms with E-state index in [1.165, 1.54) is 11.3 Å². The van der Waals surface area contributed by atoms with E-state index in [4.69, 9.17) is 16.3 Å². The molecular formula is C20H19ClN2O2S. The summed E-state index contributed by atoms with van der Waals surface area (Å²) in [7, 11) is 0. The summed E-state index contributed by atoms with van der Waals surface area (Å²) in [5.41, 5.74) is 2.90. The van der Waals surface area contributed by atoms with Crippen molar-refractivity contribution in [1.29, 1.82) is 0 Å². The molecule has 1 aromatic heterocycles. The highest BCUT2D eigenvalue weighted by atomic mass is 35.5. The SMILES string of the molecule is CCOc1ccc(CCC(=O)Nc2nc(-c3ccc(Cl)cc3)cs2)cc1. The Kier molecular flexibility index (Phi) is 6.26. The zero-order chi connectivity index (χ0) is 18.4. The van der Waals surface area contributed by atoms with Crippen molar-refractivity contribution in [2.45, 2.75) is 19.8 Å². The molecule has 3 rings (SSSR count). The quantitative estimate of drug-likeness (QED) is 0.588. The number of benzene rings is 2. The van der Waals surface area contributed by atoms with Gasteiger partial charge >= 0.3 is 0 Å². The van der Waals surface area contributed by atoms with Crippen LogP contribution >= 0.6 is 22.9 Å². The third-order valence-corrected chi connectivity index (χ3v) is 4.78. The molecule has 0 radical (unpaired) electrons. The highest BCUT2D eigenvalue weighted by Crippen LogP contribution is 2.26. The number of amides is 1. The maximum Gasteiger partial charge on any atom is 0.226 e. The van der Waals surface area contributed by atoms with Gasteiger partial charge in [-0.1, -0.05) is 35.9 Å². The van der Waals surface area contributed by atoms with E-state index in [1.54, 1.807) is 0 Å². The van der Waals surface area contributed by atoms with E-state index in [9.17, 15) is 4.79 Å². The molecule has 0 aliphatic carbocycles. The lowest BCUT2D eigenvalue weighted by atomic mass is 10.1. The summed E-state index contributed by atoms with van der Waals surface area (Å²) < 4.78 is 5.42. The summed E-state index contributed by atoms with van der Waals surface area (Å²) in [6.45, 7) is 2.60. The third-order valence-electron chi connectivity index (χ3n) is 3.77. The molecule has 0 bridgehead atoms. The monoisotopic (exact) mass is 386 g/mol. The maximum atomic E-state index is 12.2. The molecule has 0 aliphatic heterocycles. The number of hydrogen-bond acceptors (Lipinski definition) is 4. The molecule has 0 atom stereocenters. The molecule has 0 fully saturated rings. The van der Waals surface area contributed by atoms with E-state index in [2.05, 4.69) is 10.3 Å². The van der Waals surface area contributed by atoms with Crippen molar-refractivity contribution in [3.05, 3.63) is 64.5 Å². The van der Waals surface area contributed by atoms with Crippen molar-refractivity contribution in [3.8, 4) is 17.0 Å². The minimum Gasteiger partial charge on any atom is -0.494 e. The average molecular weight is 387 g/mol. The molecule has 0 unspecified atom stereocenters. The second kappa shape index (κ2) is 8.83. The number of anilines is 1. The van der Waals surface area contributed by atoms with Crippen LogP contribution in [0.15, 0.2) is 53.9 Å². The highest BCUT2D eigenvalue weighted by Gasteiger charge is 2.08. The Bertz CT molecular complexity index is 860. The van der Waals surface area contributed by atoms with Gasteiger partial charge in [-0.25, -0.2) is 4.98 Å². The number of nitrogens with one attached hydrogen (secondary N) is 1. The minimum absolute atomic E-state index is 0.0455. The van der Waals surface area contributed by atoms with E-state index < -0.39 is 0 Å². The number of carbonyl (C=O) groups excluding carboxylic acids is 1. The van der Waals surface area contributed by atoms with Gasteiger partial charge in [-0.05, 0) is 43.2 Å². The summed E-state index contributed by atoms with van der Waals surface area (Å²) in [5, 5.41) is 6.08. The standard InChI is InChI=1S/C20H19ClN2O2S/c1-2-25-17-10-3-14(4-11-17)5-12-19(24)23-20-22-18(13-26-20)15-6-8-16(21)9-7-15/h3-4,6-11,13H,2,5,12H2,1H3,(H,22,23,24). The van der Waals surface area contributed by atoms with Crippen molar-refractivity contribution in [2.24, 2.45) is 0 Å². The van der Waals surface area contributed by atoms with Gasteiger partial charge in [0.05, 0.1) is 12.3 Å². The first kappa shape index (κ1) is 18.4. The first-order valence-corrected chi connectivity index (χ1v) is 9.63. The number of aromatic nitrogens is 1. The molecule has 0 saturated carbocycles. The summed E-state index contributed by atoms with van der Waals surface area (Å²) in [5.74, 6) is 0.800. The zero-order valence-electron chi connectivity index (χ0n) is 14.4. The lowest BCUT2D eigenvalue weighted by molar-refractivity contribution is -0.116. The third kappa shape index (κ3) is 5.07. The van der Waals surface area contributed by atoms with Gasteiger partial charge in [0.25, 0.3) is 0 Å². The van der Waals surface area contributed by atoms with Crippen LogP contribution in [0.1, 0.15) is 18.9 Å². The zero-order valence-corrected chi connectivity index (χ0v) is 15.9. The molecule has 26 heavy (non-hydrogen) atoms. The Morgan fingerprint density at radius 3 is 2.58 bits per heavy atom. The molecule has 0 saturated heterocycles. The molecule has 2 aromatic carbocycles. The maximum absolute atomic E-state index is 12.2. The van der Waals surface area contributed by atoms with Crippen LogP contribution in [-0.4, -0.2) is 17.5 Å². The smallest absolute Gasteiger partial charge is 0.226 e. The first-order valence-electron chi connectivity index (χ1n) is 8.37. The minimum atomic E-state index is -0.0455. The fourth-order valence-corrected chi connectivity index (χ4v) is 3.30. The number of aryl methyl sites for hydroxylation is 1. The molecule has 1 N–H and O–H groups in total. The van der Waals surface area contributed by atoms with Gasteiger partial charge in [0.2, 0.25) is 5.91 Å². The summed E-state index contributed by atoms with van der Waals surface area (Å²) in [6.07, 6.45) is 1.08. The highest BCUT2D eigenvalue weighted by molar-refractivity contribution is 7.14. The lowest BCUT2D eigenvalue weighted by Crippen LogP contribution is -2.12. The number of rotatable bonds is 7. The fourth-order valence-electron chi connectivity index (χ4n) is 2.44. The van der Waals surface area contributed by atoms with Crippen LogP contribution < -0.4 is 10.1 Å². The van der Waals surface area contributed by atoms with Crippen LogP contribution in [0, 0.1) is 0 Å². The Morgan fingerprint density at radius 2 is 1.88 bits per heavy atom. The molecule has 0 aliphatic rings. The predicted octanol–water partition coefficient (Wildman–Crippen LogP) is 5.43. The Hall–Kier alpha value is -2.37.